The molecule has 0 unspecified atom stereocenters. The van der Waals surface area contributed by atoms with Crippen LogP contribution in [-0.4, -0.2) is 75.7 Å². The molecule has 0 N–H and O–H groups in total. The van der Waals surface area contributed by atoms with Gasteiger partial charge in [-0.2, -0.15) is 8.61 Å². The predicted octanol–water partition coefficient (Wildman–Crippen LogP) is 1.58. The lowest BCUT2D eigenvalue weighted by Gasteiger charge is -2.36. The molecule has 7 nitrogen and oxygen atoms in total. The molecule has 2 fully saturated rings. The lowest BCUT2D eigenvalue weighted by molar-refractivity contribution is 0.154. The summed E-state index contributed by atoms with van der Waals surface area (Å²) in [5.41, 5.74) is 0. The van der Waals surface area contributed by atoms with E-state index in [1.54, 1.807) is 0 Å². The second kappa shape index (κ2) is 8.16. The van der Waals surface area contributed by atoms with Crippen LogP contribution in [0.1, 0.15) is 33.1 Å². The molecular weight excluding hydrogens is 386 g/mol. The molecule has 2 aliphatic heterocycles. The summed E-state index contributed by atoms with van der Waals surface area (Å²) in [5, 5.41) is 0. The molecule has 0 aromatic heterocycles. The summed E-state index contributed by atoms with van der Waals surface area (Å²) in [4.78, 5) is 2.56. The highest BCUT2D eigenvalue weighted by atomic mass is 32.2. The van der Waals surface area contributed by atoms with E-state index in [1.165, 1.54) is 32.9 Å². The van der Waals surface area contributed by atoms with Gasteiger partial charge in [-0.05, 0) is 51.0 Å². The van der Waals surface area contributed by atoms with Crippen LogP contribution in [0.25, 0.3) is 0 Å². The van der Waals surface area contributed by atoms with Crippen LogP contribution in [0.3, 0.4) is 0 Å². The van der Waals surface area contributed by atoms with Crippen molar-refractivity contribution in [3.8, 4) is 0 Å². The third kappa shape index (κ3) is 4.37. The molecular formula is C18H29N3O4S2. The summed E-state index contributed by atoms with van der Waals surface area (Å²) >= 11 is 0. The van der Waals surface area contributed by atoms with Gasteiger partial charge in [0.2, 0.25) is 20.0 Å². The van der Waals surface area contributed by atoms with E-state index in [0.717, 1.165) is 19.3 Å². The molecule has 0 aliphatic carbocycles. The number of hydrogen-bond acceptors (Lipinski definition) is 5. The Hall–Kier alpha value is -1.00. The first-order valence-electron chi connectivity index (χ1n) is 9.57. The SMILES string of the molecule is CC(C)N1CCN(S(=O)(=O)c2ccc(S(=O)(=O)N3CCCCC3)cc2)CC1. The van der Waals surface area contributed by atoms with E-state index in [4.69, 9.17) is 0 Å². The summed E-state index contributed by atoms with van der Waals surface area (Å²) < 4.78 is 54.1. The number of benzene rings is 1. The first-order valence-corrected chi connectivity index (χ1v) is 12.5. The number of piperazine rings is 1. The van der Waals surface area contributed by atoms with E-state index < -0.39 is 20.0 Å². The van der Waals surface area contributed by atoms with E-state index in [0.29, 0.717) is 45.3 Å². The molecule has 0 radical (unpaired) electrons. The van der Waals surface area contributed by atoms with Gasteiger partial charge in [-0.25, -0.2) is 16.8 Å². The second-order valence-corrected chi connectivity index (χ2v) is 11.3. The monoisotopic (exact) mass is 415 g/mol. The van der Waals surface area contributed by atoms with Gasteiger partial charge < -0.3 is 0 Å². The summed E-state index contributed by atoms with van der Waals surface area (Å²) in [6.07, 6.45) is 2.79. The highest BCUT2D eigenvalue weighted by Gasteiger charge is 2.30. The maximum absolute atomic E-state index is 12.9. The minimum Gasteiger partial charge on any atom is -0.298 e. The van der Waals surface area contributed by atoms with Crippen LogP contribution in [0.15, 0.2) is 34.1 Å². The minimum atomic E-state index is -3.60. The zero-order valence-corrected chi connectivity index (χ0v) is 17.7. The fraction of sp³-hybridized carbons (Fsp3) is 0.667. The van der Waals surface area contributed by atoms with Crippen molar-refractivity contribution in [2.75, 3.05) is 39.3 Å². The zero-order chi connectivity index (χ0) is 19.7. The molecule has 152 valence electrons. The number of hydrogen-bond donors (Lipinski definition) is 0. The van der Waals surface area contributed by atoms with Crippen LogP contribution in [0.5, 0.6) is 0 Å². The van der Waals surface area contributed by atoms with Crippen molar-refractivity contribution >= 4 is 20.0 Å². The molecule has 0 bridgehead atoms. The van der Waals surface area contributed by atoms with Gasteiger partial charge in [-0.15, -0.1) is 0 Å². The van der Waals surface area contributed by atoms with Crippen molar-refractivity contribution in [2.24, 2.45) is 0 Å². The molecule has 0 amide bonds. The first-order chi connectivity index (χ1) is 12.7. The van der Waals surface area contributed by atoms with E-state index in [1.807, 2.05) is 0 Å². The molecule has 27 heavy (non-hydrogen) atoms. The number of rotatable bonds is 5. The number of piperidine rings is 1. The van der Waals surface area contributed by atoms with E-state index in [9.17, 15) is 16.8 Å². The summed E-state index contributed by atoms with van der Waals surface area (Å²) in [5.74, 6) is 0. The lowest BCUT2D eigenvalue weighted by Crippen LogP contribution is -2.50. The maximum atomic E-state index is 12.9. The Bertz CT molecular complexity index is 837. The zero-order valence-electron chi connectivity index (χ0n) is 16.0. The second-order valence-electron chi connectivity index (χ2n) is 7.47. The summed E-state index contributed by atoms with van der Waals surface area (Å²) in [6.45, 7) is 7.58. The fourth-order valence-electron chi connectivity index (χ4n) is 3.65. The van der Waals surface area contributed by atoms with Crippen LogP contribution < -0.4 is 0 Å². The topological polar surface area (TPSA) is 78.0 Å². The molecule has 0 atom stereocenters. The van der Waals surface area contributed by atoms with Crippen LogP contribution in [0.4, 0.5) is 0 Å². The standard InChI is InChI=1S/C18H29N3O4S2/c1-16(2)19-12-14-21(15-13-19)27(24,25)18-8-6-17(7-9-18)26(22,23)20-10-4-3-5-11-20/h6-9,16H,3-5,10-15H2,1-2H3. The Morgan fingerprint density at radius 3 is 1.48 bits per heavy atom. The first kappa shape index (κ1) is 20.7. The molecule has 2 saturated heterocycles. The normalized spacial score (nSPS) is 21.6. The van der Waals surface area contributed by atoms with Gasteiger partial charge in [0.25, 0.3) is 0 Å². The van der Waals surface area contributed by atoms with Gasteiger partial charge in [0, 0.05) is 45.3 Å². The van der Waals surface area contributed by atoms with Crippen molar-refractivity contribution in [1.29, 1.82) is 0 Å². The van der Waals surface area contributed by atoms with Crippen LogP contribution >= 0.6 is 0 Å². The maximum Gasteiger partial charge on any atom is 0.243 e. The van der Waals surface area contributed by atoms with Crippen molar-refractivity contribution in [2.45, 2.75) is 48.9 Å². The molecule has 2 heterocycles. The number of sulfonamides is 2. The molecule has 3 rings (SSSR count). The Morgan fingerprint density at radius 2 is 1.07 bits per heavy atom. The largest absolute Gasteiger partial charge is 0.298 e. The van der Waals surface area contributed by atoms with E-state index in [-0.39, 0.29) is 9.79 Å². The van der Waals surface area contributed by atoms with Crippen molar-refractivity contribution in [3.63, 3.8) is 0 Å². The van der Waals surface area contributed by atoms with Crippen LogP contribution in [-0.2, 0) is 20.0 Å². The highest BCUT2D eigenvalue weighted by Crippen LogP contribution is 2.24. The Kier molecular flexibility index (Phi) is 6.27. The number of nitrogens with zero attached hydrogens (tertiary/aromatic N) is 3. The average molecular weight is 416 g/mol. The fourth-order valence-corrected chi connectivity index (χ4v) is 6.59. The van der Waals surface area contributed by atoms with Crippen molar-refractivity contribution < 1.29 is 16.8 Å². The van der Waals surface area contributed by atoms with Gasteiger partial charge in [0.15, 0.2) is 0 Å². The molecule has 0 spiro atoms. The molecule has 9 heteroatoms. The van der Waals surface area contributed by atoms with Crippen molar-refractivity contribution in [3.05, 3.63) is 24.3 Å². The van der Waals surface area contributed by atoms with Gasteiger partial charge in [-0.3, -0.25) is 4.90 Å². The van der Waals surface area contributed by atoms with Gasteiger partial charge in [0.1, 0.15) is 0 Å². The third-order valence-corrected chi connectivity index (χ3v) is 9.24. The van der Waals surface area contributed by atoms with Gasteiger partial charge in [-0.1, -0.05) is 6.42 Å². The Labute approximate surface area is 163 Å². The van der Waals surface area contributed by atoms with E-state index >= 15 is 0 Å². The molecule has 0 saturated carbocycles. The van der Waals surface area contributed by atoms with Crippen molar-refractivity contribution in [1.82, 2.24) is 13.5 Å². The van der Waals surface area contributed by atoms with Crippen LogP contribution in [0, 0.1) is 0 Å². The van der Waals surface area contributed by atoms with E-state index in [2.05, 4.69) is 18.7 Å². The molecule has 1 aromatic carbocycles. The average Bonchev–Trinajstić information content (AvgIpc) is 2.69. The highest BCUT2D eigenvalue weighted by molar-refractivity contribution is 7.89. The lowest BCUT2D eigenvalue weighted by atomic mass is 10.2. The quantitative estimate of drug-likeness (QED) is 0.730. The smallest absolute Gasteiger partial charge is 0.243 e. The van der Waals surface area contributed by atoms with Gasteiger partial charge in [0.05, 0.1) is 9.79 Å². The van der Waals surface area contributed by atoms with Gasteiger partial charge >= 0.3 is 0 Å². The Balaban J connectivity index is 1.74. The third-order valence-electron chi connectivity index (χ3n) is 5.42. The van der Waals surface area contributed by atoms with Crippen LogP contribution in [0.2, 0.25) is 0 Å². The molecule has 1 aromatic rings. The summed E-state index contributed by atoms with van der Waals surface area (Å²) in [6, 6.07) is 6.07. The summed E-state index contributed by atoms with van der Waals surface area (Å²) in [7, 11) is -7.15. The minimum absolute atomic E-state index is 0.151. The Morgan fingerprint density at radius 1 is 0.667 bits per heavy atom. The predicted molar refractivity (Wildman–Crippen MR) is 105 cm³/mol. The molecule has 2 aliphatic rings.